The molecule has 0 saturated carbocycles. The summed E-state index contributed by atoms with van der Waals surface area (Å²) in [6.45, 7) is 3.24. The smallest absolute Gasteiger partial charge is 0.148 e. The zero-order valence-corrected chi connectivity index (χ0v) is 6.12. The van der Waals surface area contributed by atoms with Gasteiger partial charge < -0.3 is 0 Å². The molecular weight excluding hydrogens is 134 g/mol. The topological polar surface area (TPSA) is 0 Å². The van der Waals surface area contributed by atoms with Gasteiger partial charge in [0.05, 0.1) is 5.41 Å². The molecule has 2 atom stereocenters. The van der Waals surface area contributed by atoms with Crippen LogP contribution >= 0.6 is 0 Å². The van der Waals surface area contributed by atoms with Crippen LogP contribution in [0.2, 0.25) is 0 Å². The van der Waals surface area contributed by atoms with Gasteiger partial charge in [-0.1, -0.05) is 11.8 Å². The molecule has 0 nitrogen and oxygen atoms in total. The lowest BCUT2D eigenvalue weighted by molar-refractivity contribution is 0.0888. The highest BCUT2D eigenvalue weighted by Crippen LogP contribution is 2.30. The molecule has 1 rings (SSSR count). The predicted molar refractivity (Wildman–Crippen MR) is 36.0 cm³/mol. The van der Waals surface area contributed by atoms with Gasteiger partial charge in [-0.15, -0.1) is 0 Å². The van der Waals surface area contributed by atoms with E-state index in [2.05, 4.69) is 11.8 Å². The second kappa shape index (κ2) is 2.23. The summed E-state index contributed by atoms with van der Waals surface area (Å²) < 4.78 is 25.5. The Labute approximate surface area is 59.6 Å². The van der Waals surface area contributed by atoms with Crippen molar-refractivity contribution in [3.8, 4) is 11.8 Å². The third kappa shape index (κ3) is 1.13. The first-order chi connectivity index (χ1) is 4.54. The number of hydrogen-bond acceptors (Lipinski definition) is 0. The molecule has 0 aliphatic heterocycles. The fraction of sp³-hybridized carbons (Fsp3) is 0.750. The van der Waals surface area contributed by atoms with E-state index in [1.165, 1.54) is 0 Å². The molecule has 10 heavy (non-hydrogen) atoms. The van der Waals surface area contributed by atoms with Gasteiger partial charge in [-0.2, -0.15) is 0 Å². The van der Waals surface area contributed by atoms with Crippen LogP contribution in [0.15, 0.2) is 0 Å². The molecular formula is C8H10F2. The van der Waals surface area contributed by atoms with Gasteiger partial charge in [0.2, 0.25) is 0 Å². The van der Waals surface area contributed by atoms with Crippen LogP contribution in [0, 0.1) is 17.3 Å². The molecule has 0 heterocycles. The van der Waals surface area contributed by atoms with Crippen LogP contribution in [0.3, 0.4) is 0 Å². The standard InChI is InChI=1S/C8H10F2/c1-8(2)5-3-4-6(9)7(8)10/h6-7H,4H2,1-2H3. The van der Waals surface area contributed by atoms with E-state index in [9.17, 15) is 8.78 Å². The van der Waals surface area contributed by atoms with Crippen LogP contribution in [0.25, 0.3) is 0 Å². The van der Waals surface area contributed by atoms with Gasteiger partial charge in [0.15, 0.2) is 0 Å². The molecule has 1 aliphatic rings. The van der Waals surface area contributed by atoms with Crippen molar-refractivity contribution in [3.63, 3.8) is 0 Å². The van der Waals surface area contributed by atoms with Crippen LogP contribution in [-0.4, -0.2) is 12.3 Å². The molecule has 0 amide bonds. The Morgan fingerprint density at radius 3 is 2.40 bits per heavy atom. The van der Waals surface area contributed by atoms with Crippen LogP contribution < -0.4 is 0 Å². The lowest BCUT2D eigenvalue weighted by atomic mass is 9.82. The molecule has 0 saturated heterocycles. The quantitative estimate of drug-likeness (QED) is 0.457. The second-order valence-electron chi connectivity index (χ2n) is 3.15. The van der Waals surface area contributed by atoms with E-state index in [1.807, 2.05) is 0 Å². The SMILES string of the molecule is CC1(C)C#CCC(F)C1F. The summed E-state index contributed by atoms with van der Waals surface area (Å²) in [5, 5.41) is 0. The molecule has 0 radical (unpaired) electrons. The molecule has 0 N–H and O–H groups in total. The normalized spacial score (nSPS) is 36.4. The van der Waals surface area contributed by atoms with Gasteiger partial charge >= 0.3 is 0 Å². The fourth-order valence-corrected chi connectivity index (χ4v) is 1.00. The number of rotatable bonds is 0. The third-order valence-electron chi connectivity index (χ3n) is 1.71. The van der Waals surface area contributed by atoms with Gasteiger partial charge in [-0.3, -0.25) is 0 Å². The van der Waals surface area contributed by atoms with Gasteiger partial charge in [-0.05, 0) is 13.8 Å². The average Bonchev–Trinajstić information content (AvgIpc) is 1.83. The molecule has 0 spiro atoms. The molecule has 2 unspecified atom stereocenters. The number of alkyl halides is 2. The first-order valence-corrected chi connectivity index (χ1v) is 3.32. The minimum Gasteiger partial charge on any atom is -0.243 e. The molecule has 2 heteroatoms. The Kier molecular flexibility index (Phi) is 1.68. The van der Waals surface area contributed by atoms with Crippen LogP contribution in [-0.2, 0) is 0 Å². The second-order valence-corrected chi connectivity index (χ2v) is 3.15. The summed E-state index contributed by atoms with van der Waals surface area (Å²) in [7, 11) is 0. The highest BCUT2D eigenvalue weighted by Gasteiger charge is 2.36. The molecule has 0 bridgehead atoms. The lowest BCUT2D eigenvalue weighted by Crippen LogP contribution is -2.35. The van der Waals surface area contributed by atoms with Crippen molar-refractivity contribution in [2.75, 3.05) is 0 Å². The van der Waals surface area contributed by atoms with Gasteiger partial charge in [0.1, 0.15) is 12.3 Å². The van der Waals surface area contributed by atoms with Crippen molar-refractivity contribution in [2.45, 2.75) is 32.6 Å². The monoisotopic (exact) mass is 144 g/mol. The largest absolute Gasteiger partial charge is 0.243 e. The third-order valence-corrected chi connectivity index (χ3v) is 1.71. The highest BCUT2D eigenvalue weighted by molar-refractivity contribution is 5.18. The van der Waals surface area contributed by atoms with Crippen LogP contribution in [0.4, 0.5) is 8.78 Å². The molecule has 0 aromatic rings. The molecule has 0 fully saturated rings. The van der Waals surface area contributed by atoms with Crippen molar-refractivity contribution < 1.29 is 8.78 Å². The summed E-state index contributed by atoms with van der Waals surface area (Å²) in [6, 6.07) is 0. The first-order valence-electron chi connectivity index (χ1n) is 3.32. The Hall–Kier alpha value is -0.580. The first kappa shape index (κ1) is 7.53. The lowest BCUT2D eigenvalue weighted by Gasteiger charge is -2.27. The van der Waals surface area contributed by atoms with E-state index in [0.29, 0.717) is 0 Å². The summed E-state index contributed by atoms with van der Waals surface area (Å²) in [5.41, 5.74) is -0.794. The fourth-order valence-electron chi connectivity index (χ4n) is 1.00. The maximum absolute atomic E-state index is 12.9. The van der Waals surface area contributed by atoms with E-state index in [4.69, 9.17) is 0 Å². The maximum Gasteiger partial charge on any atom is 0.148 e. The van der Waals surface area contributed by atoms with Crippen molar-refractivity contribution in [1.82, 2.24) is 0 Å². The molecule has 1 aliphatic carbocycles. The summed E-state index contributed by atoms with van der Waals surface area (Å²) >= 11 is 0. The van der Waals surface area contributed by atoms with Crippen LogP contribution in [0.1, 0.15) is 20.3 Å². The Bertz CT molecular complexity index is 185. The van der Waals surface area contributed by atoms with Crippen molar-refractivity contribution in [2.24, 2.45) is 5.41 Å². The van der Waals surface area contributed by atoms with Gasteiger partial charge in [0.25, 0.3) is 0 Å². The zero-order valence-electron chi connectivity index (χ0n) is 6.12. The van der Waals surface area contributed by atoms with E-state index in [0.717, 1.165) is 0 Å². The molecule has 0 aromatic heterocycles. The van der Waals surface area contributed by atoms with Crippen molar-refractivity contribution >= 4 is 0 Å². The highest BCUT2D eigenvalue weighted by atomic mass is 19.2. The predicted octanol–water partition coefficient (Wildman–Crippen LogP) is 2.10. The Morgan fingerprint density at radius 1 is 1.40 bits per heavy atom. The number of hydrogen-bond donors (Lipinski definition) is 0. The summed E-state index contributed by atoms with van der Waals surface area (Å²) in [6.07, 6.45) is -2.77. The van der Waals surface area contributed by atoms with Crippen LogP contribution in [0.5, 0.6) is 0 Å². The average molecular weight is 144 g/mol. The Morgan fingerprint density at radius 2 is 2.00 bits per heavy atom. The Balaban J connectivity index is 2.83. The molecule has 56 valence electrons. The van der Waals surface area contributed by atoms with E-state index in [-0.39, 0.29) is 6.42 Å². The van der Waals surface area contributed by atoms with E-state index >= 15 is 0 Å². The maximum atomic E-state index is 12.9. The van der Waals surface area contributed by atoms with Crippen molar-refractivity contribution in [1.29, 1.82) is 0 Å². The summed E-state index contributed by atoms with van der Waals surface area (Å²) in [4.78, 5) is 0. The van der Waals surface area contributed by atoms with E-state index < -0.39 is 17.8 Å². The summed E-state index contributed by atoms with van der Waals surface area (Å²) in [5.74, 6) is 5.26. The number of halogens is 2. The van der Waals surface area contributed by atoms with E-state index in [1.54, 1.807) is 13.8 Å². The van der Waals surface area contributed by atoms with Crippen molar-refractivity contribution in [3.05, 3.63) is 0 Å². The van der Waals surface area contributed by atoms with Gasteiger partial charge in [0, 0.05) is 6.42 Å². The zero-order chi connectivity index (χ0) is 7.78. The molecule has 0 aromatic carbocycles. The minimum absolute atomic E-state index is 0.0462. The van der Waals surface area contributed by atoms with Gasteiger partial charge in [-0.25, -0.2) is 8.78 Å². The minimum atomic E-state index is -1.42.